The normalized spacial score (nSPS) is 27.2. The van der Waals surface area contributed by atoms with E-state index in [-0.39, 0.29) is 18.2 Å². The van der Waals surface area contributed by atoms with Crippen molar-refractivity contribution in [2.45, 2.75) is 39.0 Å². The maximum Gasteiger partial charge on any atom is 0.306 e. The molecular weight excluding hydrogens is 230 g/mol. The Labute approximate surface area is 109 Å². The summed E-state index contributed by atoms with van der Waals surface area (Å²) in [4.78, 5) is 25.2. The van der Waals surface area contributed by atoms with Gasteiger partial charge in [0.05, 0.1) is 19.6 Å². The van der Waals surface area contributed by atoms with Gasteiger partial charge in [-0.25, -0.2) is 0 Å². The summed E-state index contributed by atoms with van der Waals surface area (Å²) in [5.41, 5.74) is 0. The molecule has 2 aliphatic rings. The number of nitrogens with zero attached hydrogens (tertiary/aromatic N) is 1. The van der Waals surface area contributed by atoms with E-state index in [9.17, 15) is 9.59 Å². The third-order valence-electron chi connectivity index (χ3n) is 4.12. The van der Waals surface area contributed by atoms with Crippen LogP contribution in [0.3, 0.4) is 0 Å². The van der Waals surface area contributed by atoms with Gasteiger partial charge in [-0.1, -0.05) is 6.42 Å². The average Bonchev–Trinajstić information content (AvgIpc) is 2.87. The highest BCUT2D eigenvalue weighted by Crippen LogP contribution is 2.37. The molecule has 0 aromatic heterocycles. The van der Waals surface area contributed by atoms with E-state index in [0.717, 1.165) is 24.9 Å². The van der Waals surface area contributed by atoms with Crippen molar-refractivity contribution < 1.29 is 14.3 Å². The van der Waals surface area contributed by atoms with Gasteiger partial charge in [-0.2, -0.15) is 0 Å². The van der Waals surface area contributed by atoms with Crippen molar-refractivity contribution in [3.05, 3.63) is 0 Å². The number of fused-ring (bicyclic) bond motifs is 1. The molecule has 2 rings (SSSR count). The van der Waals surface area contributed by atoms with Crippen molar-refractivity contribution in [1.29, 1.82) is 0 Å². The standard InChI is InChI=1S/C14H23NO3/c1-2-18-14(17)7-6-13(16)10-15-8-11-4-3-5-12(11)9-15/h11-12H,2-10H2,1H3. The minimum Gasteiger partial charge on any atom is -0.466 e. The number of carbonyl (C=O) groups is 2. The topological polar surface area (TPSA) is 46.6 Å². The number of hydrogen-bond donors (Lipinski definition) is 0. The fraction of sp³-hybridized carbons (Fsp3) is 0.857. The number of Topliss-reactive ketones (excluding diaryl/α,β-unsaturated/α-hetero) is 1. The van der Waals surface area contributed by atoms with Crippen LogP contribution in [0.2, 0.25) is 0 Å². The van der Waals surface area contributed by atoms with Gasteiger partial charge in [0.2, 0.25) is 0 Å². The van der Waals surface area contributed by atoms with Crippen LogP contribution in [0.4, 0.5) is 0 Å². The minimum atomic E-state index is -0.260. The maximum absolute atomic E-state index is 11.8. The lowest BCUT2D eigenvalue weighted by Crippen LogP contribution is -2.28. The quantitative estimate of drug-likeness (QED) is 0.675. The van der Waals surface area contributed by atoms with E-state index in [1.54, 1.807) is 6.92 Å². The molecule has 0 aromatic carbocycles. The third kappa shape index (κ3) is 3.55. The van der Waals surface area contributed by atoms with Crippen LogP contribution in [-0.4, -0.2) is 42.9 Å². The lowest BCUT2D eigenvalue weighted by molar-refractivity contribution is -0.144. The van der Waals surface area contributed by atoms with Crippen LogP contribution in [0.5, 0.6) is 0 Å². The Morgan fingerprint density at radius 3 is 2.44 bits per heavy atom. The summed E-state index contributed by atoms with van der Waals surface area (Å²) in [6.45, 7) is 4.85. The fourth-order valence-corrected chi connectivity index (χ4v) is 3.26. The second-order valence-electron chi connectivity index (χ2n) is 5.49. The highest BCUT2D eigenvalue weighted by molar-refractivity contribution is 5.84. The van der Waals surface area contributed by atoms with Crippen molar-refractivity contribution in [3.8, 4) is 0 Å². The maximum atomic E-state index is 11.8. The Bertz CT molecular complexity index is 304. The molecule has 4 heteroatoms. The average molecular weight is 253 g/mol. The second kappa shape index (κ2) is 6.32. The summed E-state index contributed by atoms with van der Waals surface area (Å²) < 4.78 is 4.82. The SMILES string of the molecule is CCOC(=O)CCC(=O)CN1CC2CCCC2C1. The summed E-state index contributed by atoms with van der Waals surface area (Å²) >= 11 is 0. The van der Waals surface area contributed by atoms with Crippen molar-refractivity contribution in [3.63, 3.8) is 0 Å². The number of esters is 1. The van der Waals surface area contributed by atoms with Gasteiger partial charge in [-0.3, -0.25) is 14.5 Å². The van der Waals surface area contributed by atoms with Crippen molar-refractivity contribution in [2.75, 3.05) is 26.2 Å². The Morgan fingerprint density at radius 2 is 1.83 bits per heavy atom. The van der Waals surface area contributed by atoms with Gasteiger partial charge in [-0.05, 0) is 31.6 Å². The van der Waals surface area contributed by atoms with E-state index in [4.69, 9.17) is 4.74 Å². The van der Waals surface area contributed by atoms with Crippen molar-refractivity contribution >= 4 is 11.8 Å². The van der Waals surface area contributed by atoms with E-state index in [0.29, 0.717) is 19.6 Å². The summed E-state index contributed by atoms with van der Waals surface area (Å²) in [5.74, 6) is 1.55. The molecule has 1 aliphatic heterocycles. The summed E-state index contributed by atoms with van der Waals surface area (Å²) in [6, 6.07) is 0. The third-order valence-corrected chi connectivity index (χ3v) is 4.12. The largest absolute Gasteiger partial charge is 0.466 e. The zero-order valence-electron chi connectivity index (χ0n) is 11.2. The number of carbonyl (C=O) groups excluding carboxylic acids is 2. The highest BCUT2D eigenvalue weighted by Gasteiger charge is 2.36. The van der Waals surface area contributed by atoms with E-state index in [1.807, 2.05) is 0 Å². The van der Waals surface area contributed by atoms with Crippen molar-refractivity contribution in [1.82, 2.24) is 4.90 Å². The Kier molecular flexibility index (Phi) is 4.75. The first-order chi connectivity index (χ1) is 8.69. The molecule has 1 saturated carbocycles. The Hall–Kier alpha value is -0.900. The summed E-state index contributed by atoms with van der Waals surface area (Å²) in [7, 11) is 0. The van der Waals surface area contributed by atoms with E-state index < -0.39 is 0 Å². The smallest absolute Gasteiger partial charge is 0.306 e. The van der Waals surface area contributed by atoms with Crippen LogP contribution in [0, 0.1) is 11.8 Å². The van der Waals surface area contributed by atoms with Crippen LogP contribution in [-0.2, 0) is 14.3 Å². The highest BCUT2D eigenvalue weighted by atomic mass is 16.5. The number of likely N-dealkylation sites (tertiary alicyclic amines) is 1. The molecule has 0 bridgehead atoms. The zero-order valence-corrected chi connectivity index (χ0v) is 11.2. The molecule has 4 nitrogen and oxygen atoms in total. The van der Waals surface area contributed by atoms with Crippen LogP contribution in [0.25, 0.3) is 0 Å². The Balaban J connectivity index is 1.64. The number of rotatable bonds is 6. The van der Waals surface area contributed by atoms with Crippen molar-refractivity contribution in [2.24, 2.45) is 11.8 Å². The van der Waals surface area contributed by atoms with E-state index in [2.05, 4.69) is 4.90 Å². The van der Waals surface area contributed by atoms with Crippen LogP contribution in [0.15, 0.2) is 0 Å². The number of ether oxygens (including phenoxy) is 1. The lowest BCUT2D eigenvalue weighted by atomic mass is 10.0. The van der Waals surface area contributed by atoms with Gasteiger partial charge in [-0.15, -0.1) is 0 Å². The Morgan fingerprint density at radius 1 is 1.17 bits per heavy atom. The molecule has 2 unspecified atom stereocenters. The van der Waals surface area contributed by atoms with E-state index in [1.165, 1.54) is 19.3 Å². The first-order valence-corrected chi connectivity index (χ1v) is 7.08. The monoisotopic (exact) mass is 253 g/mol. The lowest BCUT2D eigenvalue weighted by Gasteiger charge is -2.15. The van der Waals surface area contributed by atoms with Gasteiger partial charge < -0.3 is 4.74 Å². The number of ketones is 1. The first kappa shape index (κ1) is 13.5. The molecule has 18 heavy (non-hydrogen) atoms. The molecule has 0 amide bonds. The molecule has 2 fully saturated rings. The molecule has 0 N–H and O–H groups in total. The molecule has 0 spiro atoms. The van der Waals surface area contributed by atoms with Crippen LogP contribution >= 0.6 is 0 Å². The van der Waals surface area contributed by atoms with Gasteiger partial charge >= 0.3 is 5.97 Å². The fourth-order valence-electron chi connectivity index (χ4n) is 3.26. The predicted molar refractivity (Wildman–Crippen MR) is 68.1 cm³/mol. The molecule has 0 radical (unpaired) electrons. The van der Waals surface area contributed by atoms with Gasteiger partial charge in [0.25, 0.3) is 0 Å². The van der Waals surface area contributed by atoms with Crippen LogP contribution in [0.1, 0.15) is 39.0 Å². The molecular formula is C14H23NO3. The summed E-state index contributed by atoms with van der Waals surface area (Å²) in [6.07, 6.45) is 4.58. The molecule has 102 valence electrons. The molecule has 2 atom stereocenters. The molecule has 1 heterocycles. The van der Waals surface area contributed by atoms with Crippen LogP contribution < -0.4 is 0 Å². The van der Waals surface area contributed by atoms with Gasteiger partial charge in [0.1, 0.15) is 5.78 Å². The molecule has 1 aliphatic carbocycles. The first-order valence-electron chi connectivity index (χ1n) is 7.08. The van der Waals surface area contributed by atoms with E-state index >= 15 is 0 Å². The minimum absolute atomic E-state index is 0.169. The predicted octanol–water partition coefficient (Wildman–Crippen LogP) is 1.63. The zero-order chi connectivity index (χ0) is 13.0. The molecule has 1 saturated heterocycles. The number of hydrogen-bond acceptors (Lipinski definition) is 4. The molecule has 0 aromatic rings. The summed E-state index contributed by atoms with van der Waals surface area (Å²) in [5, 5.41) is 0. The van der Waals surface area contributed by atoms with Gasteiger partial charge in [0, 0.05) is 19.5 Å². The van der Waals surface area contributed by atoms with Gasteiger partial charge in [0.15, 0.2) is 0 Å². The second-order valence-corrected chi connectivity index (χ2v) is 5.49.